The van der Waals surface area contributed by atoms with Crippen molar-refractivity contribution in [2.24, 2.45) is 4.99 Å². The molecule has 1 heterocycles. The second-order valence-electron chi connectivity index (χ2n) is 7.84. The van der Waals surface area contributed by atoms with Crippen LogP contribution in [0.25, 0.3) is 0 Å². The van der Waals surface area contributed by atoms with E-state index in [1.807, 2.05) is 6.07 Å². The molecule has 0 bridgehead atoms. The van der Waals surface area contributed by atoms with Crippen LogP contribution in [0, 0.1) is 13.8 Å². The molecular formula is C25H25N3S. The predicted octanol–water partition coefficient (Wildman–Crippen LogP) is 5.92. The molecule has 0 amide bonds. The zero-order valence-electron chi connectivity index (χ0n) is 17.0. The third-order valence-electron chi connectivity index (χ3n) is 5.37. The number of anilines is 2. The summed E-state index contributed by atoms with van der Waals surface area (Å²) in [5.74, 6) is 0.873. The SMILES string of the molecule is Cc1ccc(N2C(=S)N=C(Nc3cccc(C)c3)C2(C)Cc2ccccc2)cc1. The summed E-state index contributed by atoms with van der Waals surface area (Å²) < 4.78 is 0. The van der Waals surface area contributed by atoms with E-state index in [-0.39, 0.29) is 0 Å². The van der Waals surface area contributed by atoms with E-state index in [9.17, 15) is 0 Å². The molecule has 1 aliphatic heterocycles. The lowest BCUT2D eigenvalue weighted by molar-refractivity contribution is 0.626. The zero-order chi connectivity index (χ0) is 20.4. The molecule has 3 aromatic carbocycles. The topological polar surface area (TPSA) is 27.6 Å². The van der Waals surface area contributed by atoms with Crippen LogP contribution in [0.15, 0.2) is 83.9 Å². The summed E-state index contributed by atoms with van der Waals surface area (Å²) in [6.45, 7) is 6.39. The number of nitrogens with one attached hydrogen (secondary N) is 1. The molecule has 3 nitrogen and oxygen atoms in total. The first-order valence-electron chi connectivity index (χ1n) is 9.83. The monoisotopic (exact) mass is 399 g/mol. The summed E-state index contributed by atoms with van der Waals surface area (Å²) in [5.41, 5.74) is 5.34. The van der Waals surface area contributed by atoms with Gasteiger partial charge in [0.2, 0.25) is 5.11 Å². The molecule has 0 radical (unpaired) electrons. The van der Waals surface area contributed by atoms with Crippen molar-refractivity contribution in [2.45, 2.75) is 32.7 Å². The van der Waals surface area contributed by atoms with E-state index in [1.165, 1.54) is 16.7 Å². The molecule has 3 aromatic rings. The fourth-order valence-electron chi connectivity index (χ4n) is 3.85. The number of benzene rings is 3. The molecule has 0 spiro atoms. The first kappa shape index (κ1) is 19.3. The maximum Gasteiger partial charge on any atom is 0.202 e. The normalized spacial score (nSPS) is 18.7. The average Bonchev–Trinajstić information content (AvgIpc) is 2.93. The Labute approximate surface area is 178 Å². The minimum absolute atomic E-state index is 0.419. The summed E-state index contributed by atoms with van der Waals surface area (Å²) in [4.78, 5) is 6.98. The Morgan fingerprint density at radius 2 is 1.62 bits per heavy atom. The fraction of sp³-hybridized carbons (Fsp3) is 0.200. The van der Waals surface area contributed by atoms with E-state index in [2.05, 4.69) is 104 Å². The largest absolute Gasteiger partial charge is 0.342 e. The van der Waals surface area contributed by atoms with Gasteiger partial charge in [0.25, 0.3) is 0 Å². The Hall–Kier alpha value is -2.98. The number of thiocarbonyl (C=S) groups is 1. The van der Waals surface area contributed by atoms with Crippen molar-refractivity contribution in [3.8, 4) is 0 Å². The van der Waals surface area contributed by atoms with Gasteiger partial charge < -0.3 is 10.2 Å². The highest BCUT2D eigenvalue weighted by Gasteiger charge is 2.45. The van der Waals surface area contributed by atoms with E-state index in [4.69, 9.17) is 17.2 Å². The number of amidine groups is 1. The van der Waals surface area contributed by atoms with Gasteiger partial charge in [0.05, 0.1) is 0 Å². The van der Waals surface area contributed by atoms with Crippen molar-refractivity contribution >= 4 is 34.5 Å². The second kappa shape index (κ2) is 7.80. The minimum atomic E-state index is -0.419. The second-order valence-corrected chi connectivity index (χ2v) is 8.21. The van der Waals surface area contributed by atoms with E-state index in [0.29, 0.717) is 5.11 Å². The molecule has 1 unspecified atom stereocenters. The van der Waals surface area contributed by atoms with Gasteiger partial charge in [0, 0.05) is 17.8 Å². The summed E-state index contributed by atoms with van der Waals surface area (Å²) >= 11 is 5.74. The summed E-state index contributed by atoms with van der Waals surface area (Å²) in [6.07, 6.45) is 0.791. The number of hydrogen-bond donors (Lipinski definition) is 1. The molecule has 0 aliphatic carbocycles. The number of aliphatic imine (C=N–C) groups is 1. The molecule has 0 aromatic heterocycles. The van der Waals surface area contributed by atoms with Crippen LogP contribution in [-0.2, 0) is 6.42 Å². The summed E-state index contributed by atoms with van der Waals surface area (Å²) in [6, 6.07) is 27.3. The Bertz CT molecular complexity index is 1060. The number of rotatable bonds is 4. The van der Waals surface area contributed by atoms with Gasteiger partial charge in [-0.25, -0.2) is 4.99 Å². The van der Waals surface area contributed by atoms with E-state index in [1.54, 1.807) is 0 Å². The Morgan fingerprint density at radius 1 is 0.897 bits per heavy atom. The van der Waals surface area contributed by atoms with Crippen molar-refractivity contribution in [3.05, 3.63) is 95.6 Å². The molecule has 0 saturated heterocycles. The molecule has 0 saturated carbocycles. The molecule has 1 N–H and O–H groups in total. The standard InChI is InChI=1S/C25H25N3S/c1-18-12-14-22(15-13-18)28-24(29)27-23(26-21-11-7-8-19(2)16-21)25(28,3)17-20-9-5-4-6-10-20/h4-16H,17H2,1-3H3,(H,26,27,29). The van der Waals surface area contributed by atoms with E-state index >= 15 is 0 Å². The predicted molar refractivity (Wildman–Crippen MR) is 127 cm³/mol. The van der Waals surface area contributed by atoms with Crippen molar-refractivity contribution in [2.75, 3.05) is 10.2 Å². The van der Waals surface area contributed by atoms with Crippen LogP contribution in [0.2, 0.25) is 0 Å². The van der Waals surface area contributed by atoms with Crippen molar-refractivity contribution in [1.82, 2.24) is 0 Å². The molecule has 0 fully saturated rings. The lowest BCUT2D eigenvalue weighted by atomic mass is 9.89. The van der Waals surface area contributed by atoms with Gasteiger partial charge in [-0.15, -0.1) is 0 Å². The molecule has 4 rings (SSSR count). The first-order valence-corrected chi connectivity index (χ1v) is 10.2. The molecule has 29 heavy (non-hydrogen) atoms. The van der Waals surface area contributed by atoms with Crippen molar-refractivity contribution < 1.29 is 0 Å². The molecule has 1 atom stereocenters. The van der Waals surface area contributed by atoms with Crippen LogP contribution < -0.4 is 10.2 Å². The minimum Gasteiger partial charge on any atom is -0.342 e. The van der Waals surface area contributed by atoms with Crippen LogP contribution >= 0.6 is 12.2 Å². The van der Waals surface area contributed by atoms with Crippen molar-refractivity contribution in [1.29, 1.82) is 0 Å². The first-order chi connectivity index (χ1) is 14.0. The maximum atomic E-state index is 5.74. The highest BCUT2D eigenvalue weighted by atomic mass is 32.1. The Balaban J connectivity index is 1.75. The lowest BCUT2D eigenvalue weighted by Crippen LogP contribution is -2.53. The maximum absolute atomic E-state index is 5.74. The van der Waals surface area contributed by atoms with Gasteiger partial charge in [-0.1, -0.05) is 60.2 Å². The average molecular weight is 400 g/mol. The van der Waals surface area contributed by atoms with Crippen LogP contribution in [0.5, 0.6) is 0 Å². The third-order valence-corrected chi connectivity index (χ3v) is 5.64. The molecule has 4 heteroatoms. The highest BCUT2D eigenvalue weighted by Crippen LogP contribution is 2.35. The van der Waals surface area contributed by atoms with E-state index < -0.39 is 5.54 Å². The molecule has 146 valence electrons. The summed E-state index contributed by atoms with van der Waals surface area (Å²) in [5, 5.41) is 4.14. The summed E-state index contributed by atoms with van der Waals surface area (Å²) in [7, 11) is 0. The van der Waals surface area contributed by atoms with Gasteiger partial charge in [0.1, 0.15) is 11.4 Å². The third kappa shape index (κ3) is 3.94. The van der Waals surface area contributed by atoms with Gasteiger partial charge in [-0.05, 0) is 68.4 Å². The zero-order valence-corrected chi connectivity index (χ0v) is 17.8. The number of nitrogens with zero attached hydrogens (tertiary/aromatic N) is 2. The van der Waals surface area contributed by atoms with Crippen molar-refractivity contribution in [3.63, 3.8) is 0 Å². The highest BCUT2D eigenvalue weighted by molar-refractivity contribution is 7.80. The smallest absolute Gasteiger partial charge is 0.202 e. The van der Waals surface area contributed by atoms with Gasteiger partial charge >= 0.3 is 0 Å². The van der Waals surface area contributed by atoms with Crippen LogP contribution in [0.4, 0.5) is 11.4 Å². The Morgan fingerprint density at radius 3 is 2.31 bits per heavy atom. The molecular weight excluding hydrogens is 374 g/mol. The fourth-order valence-corrected chi connectivity index (χ4v) is 4.25. The number of aryl methyl sites for hydroxylation is 2. The quantitative estimate of drug-likeness (QED) is 0.552. The van der Waals surface area contributed by atoms with Crippen LogP contribution in [0.1, 0.15) is 23.6 Å². The Kier molecular flexibility index (Phi) is 5.20. The van der Waals surface area contributed by atoms with Crippen LogP contribution in [-0.4, -0.2) is 16.5 Å². The number of hydrogen-bond acceptors (Lipinski definition) is 2. The van der Waals surface area contributed by atoms with Gasteiger partial charge in [-0.3, -0.25) is 0 Å². The van der Waals surface area contributed by atoms with Gasteiger partial charge in [-0.2, -0.15) is 0 Å². The lowest BCUT2D eigenvalue weighted by Gasteiger charge is -2.37. The molecule has 1 aliphatic rings. The van der Waals surface area contributed by atoms with E-state index in [0.717, 1.165) is 23.6 Å². The van der Waals surface area contributed by atoms with Gasteiger partial charge in [0.15, 0.2) is 0 Å². The van der Waals surface area contributed by atoms with Crippen LogP contribution in [0.3, 0.4) is 0 Å².